The average Bonchev–Trinajstić information content (AvgIpc) is 2.63. The van der Waals surface area contributed by atoms with Crippen molar-refractivity contribution in [1.29, 1.82) is 0 Å². The van der Waals surface area contributed by atoms with E-state index in [4.69, 9.17) is 4.74 Å². The van der Waals surface area contributed by atoms with Gasteiger partial charge in [-0.2, -0.15) is 0 Å². The zero-order valence-corrected chi connectivity index (χ0v) is 17.0. The molecular weight excluding hydrogens is 374 g/mol. The third kappa shape index (κ3) is 6.81. The van der Waals surface area contributed by atoms with Crippen LogP contribution < -0.4 is 5.32 Å². The van der Waals surface area contributed by atoms with Crippen molar-refractivity contribution in [3.8, 4) is 5.75 Å². The first-order chi connectivity index (χ1) is 13.7. The number of nitrogens with one attached hydrogen (secondary N) is 1. The van der Waals surface area contributed by atoms with Crippen LogP contribution in [-0.4, -0.2) is 52.4 Å². The molecule has 0 spiro atoms. The highest BCUT2D eigenvalue weighted by Gasteiger charge is 2.23. The molecule has 0 aromatic heterocycles. The van der Waals surface area contributed by atoms with Gasteiger partial charge in [0.1, 0.15) is 11.9 Å². The summed E-state index contributed by atoms with van der Waals surface area (Å²) in [6.45, 7) is 3.42. The molecule has 1 aromatic carbocycles. The summed E-state index contributed by atoms with van der Waals surface area (Å²) in [4.78, 5) is 24.7. The van der Waals surface area contributed by atoms with Crippen LogP contribution in [0.25, 0.3) is 0 Å². The number of hydrogen-bond acceptors (Lipinski definition) is 6. The number of rotatable bonds is 1. The minimum atomic E-state index is -1.03. The Kier molecular flexibility index (Phi) is 8.13. The maximum Gasteiger partial charge on any atom is 0.227 e. The van der Waals surface area contributed by atoms with E-state index in [2.05, 4.69) is 5.32 Å². The lowest BCUT2D eigenvalue weighted by molar-refractivity contribution is -0.128. The number of carbonyl (C=O) groups excluding carboxylic acids is 2. The molecule has 1 aliphatic heterocycles. The fraction of sp³-hybridized carbons (Fsp3) is 0.455. The van der Waals surface area contributed by atoms with Crippen LogP contribution in [-0.2, 0) is 20.7 Å². The van der Waals surface area contributed by atoms with Crippen molar-refractivity contribution in [3.63, 3.8) is 0 Å². The summed E-state index contributed by atoms with van der Waals surface area (Å²) in [5, 5.41) is 33.3. The molecule has 0 aliphatic carbocycles. The molecule has 1 aromatic rings. The maximum absolute atomic E-state index is 12.5. The highest BCUT2D eigenvalue weighted by atomic mass is 16.5. The van der Waals surface area contributed by atoms with Crippen molar-refractivity contribution in [3.05, 3.63) is 47.6 Å². The lowest BCUT2D eigenvalue weighted by Crippen LogP contribution is -2.28. The Bertz CT molecular complexity index is 800. The summed E-state index contributed by atoms with van der Waals surface area (Å²) in [6.07, 6.45) is 2.42. The van der Waals surface area contributed by atoms with Gasteiger partial charge in [0, 0.05) is 31.2 Å². The van der Waals surface area contributed by atoms with Gasteiger partial charge in [-0.25, -0.2) is 0 Å². The number of carbonyl (C=O) groups is 2. The molecule has 0 unspecified atom stereocenters. The Morgan fingerprint density at radius 2 is 1.86 bits per heavy atom. The summed E-state index contributed by atoms with van der Waals surface area (Å²) in [5.74, 6) is -1.05. The number of amides is 1. The Morgan fingerprint density at radius 3 is 2.55 bits per heavy atom. The van der Waals surface area contributed by atoms with Crippen LogP contribution in [0.5, 0.6) is 5.75 Å². The van der Waals surface area contributed by atoms with E-state index >= 15 is 0 Å². The first kappa shape index (κ1) is 22.8. The van der Waals surface area contributed by atoms with E-state index in [9.17, 15) is 24.9 Å². The predicted octanol–water partition coefficient (Wildman–Crippen LogP) is 2.11. The van der Waals surface area contributed by atoms with Crippen LogP contribution >= 0.6 is 0 Å². The third-order valence-electron chi connectivity index (χ3n) is 4.94. The molecule has 1 heterocycles. The van der Waals surface area contributed by atoms with Crippen molar-refractivity contribution in [2.75, 3.05) is 12.4 Å². The number of phenols is 1. The van der Waals surface area contributed by atoms with Crippen molar-refractivity contribution in [1.82, 2.24) is 0 Å². The number of aliphatic hydroxyl groups is 2. The van der Waals surface area contributed by atoms with Gasteiger partial charge >= 0.3 is 0 Å². The lowest BCUT2D eigenvalue weighted by atomic mass is 9.94. The van der Waals surface area contributed by atoms with Crippen LogP contribution in [0.2, 0.25) is 0 Å². The fourth-order valence-electron chi connectivity index (χ4n) is 3.20. The Morgan fingerprint density at radius 1 is 1.14 bits per heavy atom. The Hall–Kier alpha value is -2.48. The maximum atomic E-state index is 12.5. The molecule has 0 saturated carbocycles. The largest absolute Gasteiger partial charge is 0.508 e. The molecule has 4 N–H and O–H groups in total. The number of benzene rings is 1. The topological polar surface area (TPSA) is 116 Å². The van der Waals surface area contributed by atoms with E-state index in [-0.39, 0.29) is 30.3 Å². The van der Waals surface area contributed by atoms with E-state index in [0.29, 0.717) is 17.7 Å². The summed E-state index contributed by atoms with van der Waals surface area (Å²) < 4.78 is 5.23. The number of fused-ring (bicyclic) bond motifs is 2. The number of hydrogen-bond donors (Lipinski definition) is 4. The van der Waals surface area contributed by atoms with E-state index < -0.39 is 24.2 Å². The van der Waals surface area contributed by atoms with E-state index in [1.807, 2.05) is 0 Å². The molecule has 2 rings (SSSR count). The number of methoxy groups -OCH3 is 1. The van der Waals surface area contributed by atoms with E-state index in [0.717, 1.165) is 5.56 Å². The number of aromatic hydroxyl groups is 1. The first-order valence-electron chi connectivity index (χ1n) is 9.59. The van der Waals surface area contributed by atoms with Gasteiger partial charge in [-0.3, -0.25) is 9.59 Å². The number of anilines is 1. The third-order valence-corrected chi connectivity index (χ3v) is 4.94. The van der Waals surface area contributed by atoms with Crippen LogP contribution in [0.4, 0.5) is 5.69 Å². The second-order valence-corrected chi connectivity index (χ2v) is 7.45. The van der Waals surface area contributed by atoms with Crippen molar-refractivity contribution >= 4 is 17.4 Å². The number of allylic oxidation sites excluding steroid dienone is 1. The molecule has 0 fully saturated rings. The molecule has 1 amide bonds. The summed E-state index contributed by atoms with van der Waals surface area (Å²) >= 11 is 0. The van der Waals surface area contributed by atoms with E-state index in [1.165, 1.54) is 13.2 Å². The summed E-state index contributed by atoms with van der Waals surface area (Å²) in [5.41, 5.74) is 1.68. The second kappa shape index (κ2) is 10.3. The molecule has 0 radical (unpaired) electrons. The fourth-order valence-corrected chi connectivity index (χ4v) is 3.20. The molecule has 7 nitrogen and oxygen atoms in total. The average molecular weight is 403 g/mol. The van der Waals surface area contributed by atoms with Gasteiger partial charge in [0.25, 0.3) is 0 Å². The molecule has 1 aliphatic rings. The zero-order chi connectivity index (χ0) is 21.6. The standard InChI is InChI=1S/C22H29NO6/c1-13-7-14(2)19(26)12-22(28)23-16-8-15(9-17(24)10-16)5-4-6-21(29-3)20(27)11-18(13)25/h4,6-10,13,18-19,21,24-26H,5,11-12H2,1-3H3,(H,23,28)/b6-4+,14-7-/t13-,18-,19-,21+/m0/s1. The zero-order valence-electron chi connectivity index (χ0n) is 17.0. The molecule has 158 valence electrons. The SMILES string of the molecule is CO[C@@H]1/C=C/Cc2cc(O)cc(c2)NC(=O)C[C@H](O)/C(C)=C\[C@H](C)[C@@H](O)CC1=O. The van der Waals surface area contributed by atoms with Gasteiger partial charge < -0.3 is 25.4 Å². The van der Waals surface area contributed by atoms with Crippen molar-refractivity contribution in [2.45, 2.75) is 51.4 Å². The van der Waals surface area contributed by atoms with Gasteiger partial charge in [0.05, 0.1) is 18.6 Å². The number of aliphatic hydroxyl groups excluding tert-OH is 2. The van der Waals surface area contributed by atoms with Gasteiger partial charge in [-0.05, 0) is 36.6 Å². The van der Waals surface area contributed by atoms with Crippen molar-refractivity contribution in [2.24, 2.45) is 5.92 Å². The summed E-state index contributed by atoms with van der Waals surface area (Å²) in [6, 6.07) is 4.70. The summed E-state index contributed by atoms with van der Waals surface area (Å²) in [7, 11) is 1.42. The predicted molar refractivity (Wildman–Crippen MR) is 110 cm³/mol. The lowest BCUT2D eigenvalue weighted by Gasteiger charge is -2.19. The molecule has 2 bridgehead atoms. The number of phenolic OH excluding ortho intramolecular Hbond substituents is 1. The monoisotopic (exact) mass is 403 g/mol. The number of ketones is 1. The first-order valence-corrected chi connectivity index (χ1v) is 9.59. The number of Topliss-reactive ketones (excluding diaryl/α,β-unsaturated/α-hetero) is 1. The molecule has 29 heavy (non-hydrogen) atoms. The van der Waals surface area contributed by atoms with Crippen LogP contribution in [0.1, 0.15) is 32.3 Å². The van der Waals surface area contributed by atoms with Gasteiger partial charge in [-0.1, -0.05) is 25.2 Å². The van der Waals surface area contributed by atoms with Gasteiger partial charge in [0.2, 0.25) is 5.91 Å². The molecule has 4 atom stereocenters. The van der Waals surface area contributed by atoms with Crippen LogP contribution in [0.3, 0.4) is 0 Å². The quantitative estimate of drug-likeness (QED) is 0.534. The highest BCUT2D eigenvalue weighted by molar-refractivity contribution is 5.91. The highest BCUT2D eigenvalue weighted by Crippen LogP contribution is 2.22. The minimum Gasteiger partial charge on any atom is -0.508 e. The Balaban J connectivity index is 2.35. The number of ether oxygens (including phenoxy) is 1. The van der Waals surface area contributed by atoms with Crippen molar-refractivity contribution < 1.29 is 29.6 Å². The molecule has 7 heteroatoms. The normalized spacial score (nSPS) is 30.0. The molecular formula is C22H29NO6. The van der Waals surface area contributed by atoms with Gasteiger partial charge in [-0.15, -0.1) is 0 Å². The van der Waals surface area contributed by atoms with E-state index in [1.54, 1.807) is 44.2 Å². The van der Waals surface area contributed by atoms with Gasteiger partial charge in [0.15, 0.2) is 5.78 Å². The molecule has 0 saturated heterocycles. The van der Waals surface area contributed by atoms with Crippen LogP contribution in [0, 0.1) is 5.92 Å². The minimum absolute atomic E-state index is 0.00273. The Labute approximate surface area is 170 Å². The smallest absolute Gasteiger partial charge is 0.227 e. The van der Waals surface area contributed by atoms with Crippen LogP contribution in [0.15, 0.2) is 42.0 Å². The second-order valence-electron chi connectivity index (χ2n) is 7.45.